The molecule has 3 unspecified atom stereocenters. The van der Waals surface area contributed by atoms with Crippen LogP contribution in [0.3, 0.4) is 0 Å². The molecule has 1 aliphatic heterocycles. The first-order valence-electron chi connectivity index (χ1n) is 8.19. The molecule has 1 saturated heterocycles. The van der Waals surface area contributed by atoms with E-state index in [-0.39, 0.29) is 23.9 Å². The second-order valence-electron chi connectivity index (χ2n) is 6.31. The second kappa shape index (κ2) is 7.12. The molecule has 3 atom stereocenters. The van der Waals surface area contributed by atoms with Crippen LogP contribution >= 0.6 is 0 Å². The Labute approximate surface area is 141 Å². The van der Waals surface area contributed by atoms with E-state index in [1.165, 1.54) is 0 Å². The summed E-state index contributed by atoms with van der Waals surface area (Å²) in [4.78, 5) is 12.4. The van der Waals surface area contributed by atoms with Gasteiger partial charge in [0.1, 0.15) is 0 Å². The van der Waals surface area contributed by atoms with Crippen LogP contribution in [-0.4, -0.2) is 33.8 Å². The third kappa shape index (κ3) is 3.48. The molecule has 3 rings (SSSR count). The monoisotopic (exact) mass is 328 g/mol. The number of hydrazine groups is 1. The normalized spacial score (nSPS) is 24.7. The smallest absolute Gasteiger partial charge is 0.237 e. The summed E-state index contributed by atoms with van der Waals surface area (Å²) in [5.74, 6) is -0.0749. The molecule has 0 bridgehead atoms. The van der Waals surface area contributed by atoms with Crippen LogP contribution in [-0.2, 0) is 11.3 Å². The van der Waals surface area contributed by atoms with Gasteiger partial charge in [-0.3, -0.25) is 15.6 Å². The zero-order valence-electron chi connectivity index (χ0n) is 13.9. The molecule has 1 aromatic carbocycles. The van der Waals surface area contributed by atoms with Crippen LogP contribution in [0.5, 0.6) is 0 Å². The zero-order valence-corrected chi connectivity index (χ0v) is 13.9. The van der Waals surface area contributed by atoms with Crippen molar-refractivity contribution in [2.75, 3.05) is 0 Å². The number of carbonyl (C=O) groups is 1. The molecule has 0 spiro atoms. The van der Waals surface area contributed by atoms with E-state index in [2.05, 4.69) is 21.3 Å². The highest BCUT2D eigenvalue weighted by Gasteiger charge is 2.37. The summed E-state index contributed by atoms with van der Waals surface area (Å²) in [5, 5.41) is 7.16. The summed E-state index contributed by atoms with van der Waals surface area (Å²) in [5.41, 5.74) is 14.4. The lowest BCUT2D eigenvalue weighted by Crippen LogP contribution is -2.50. The molecule has 7 heteroatoms. The topological polar surface area (TPSA) is 97.0 Å². The third-order valence-electron chi connectivity index (χ3n) is 4.56. The Balaban J connectivity index is 1.61. The van der Waals surface area contributed by atoms with Crippen molar-refractivity contribution in [1.82, 2.24) is 25.9 Å². The lowest BCUT2D eigenvalue weighted by atomic mass is 9.88. The highest BCUT2D eigenvalue weighted by atomic mass is 16.2. The molecule has 0 radical (unpaired) electrons. The van der Waals surface area contributed by atoms with Crippen molar-refractivity contribution in [2.45, 2.75) is 38.5 Å². The standard InChI is InChI=1S/C17H24N6O/c1-11-15(12(2)22-21-11)16(18)17(24)19-10-13-5-3-6-14(9-13)23-8-4-7-20-23/h3-9,11-12,15-16,21-22H,10,18H2,1-2H3,(H,19,24). The molecule has 2 heterocycles. The number of rotatable bonds is 5. The Morgan fingerprint density at radius 3 is 2.75 bits per heavy atom. The Morgan fingerprint density at radius 1 is 1.33 bits per heavy atom. The van der Waals surface area contributed by atoms with Gasteiger partial charge in [0.05, 0.1) is 11.7 Å². The largest absolute Gasteiger partial charge is 0.351 e. The number of hydrogen-bond acceptors (Lipinski definition) is 5. The summed E-state index contributed by atoms with van der Waals surface area (Å²) < 4.78 is 1.79. The molecule has 0 saturated carbocycles. The van der Waals surface area contributed by atoms with E-state index >= 15 is 0 Å². The van der Waals surface area contributed by atoms with E-state index in [0.717, 1.165) is 11.3 Å². The van der Waals surface area contributed by atoms with Gasteiger partial charge in [-0.2, -0.15) is 5.10 Å². The minimum atomic E-state index is -0.549. The van der Waals surface area contributed by atoms with Gasteiger partial charge < -0.3 is 11.1 Å². The van der Waals surface area contributed by atoms with Crippen LogP contribution in [0.2, 0.25) is 0 Å². The van der Waals surface area contributed by atoms with Crippen molar-refractivity contribution < 1.29 is 4.79 Å². The van der Waals surface area contributed by atoms with Crippen LogP contribution in [0.15, 0.2) is 42.7 Å². The van der Waals surface area contributed by atoms with E-state index in [0.29, 0.717) is 6.54 Å². The van der Waals surface area contributed by atoms with Crippen LogP contribution in [0, 0.1) is 5.92 Å². The minimum absolute atomic E-state index is 0.0559. The molecule has 0 aliphatic carbocycles. The first-order valence-corrected chi connectivity index (χ1v) is 8.19. The molecule has 5 N–H and O–H groups in total. The van der Waals surface area contributed by atoms with Crippen molar-refractivity contribution in [1.29, 1.82) is 0 Å². The summed E-state index contributed by atoms with van der Waals surface area (Å²) in [7, 11) is 0. The lowest BCUT2D eigenvalue weighted by Gasteiger charge is -2.24. The van der Waals surface area contributed by atoms with Crippen LogP contribution in [0.1, 0.15) is 19.4 Å². The zero-order chi connectivity index (χ0) is 17.1. The number of carbonyl (C=O) groups excluding carboxylic acids is 1. The third-order valence-corrected chi connectivity index (χ3v) is 4.56. The minimum Gasteiger partial charge on any atom is -0.351 e. The molecular weight excluding hydrogens is 304 g/mol. The molecule has 128 valence electrons. The number of hydrogen-bond donors (Lipinski definition) is 4. The fourth-order valence-corrected chi connectivity index (χ4v) is 3.22. The van der Waals surface area contributed by atoms with Gasteiger partial charge in [-0.05, 0) is 37.6 Å². The maximum atomic E-state index is 12.4. The van der Waals surface area contributed by atoms with E-state index in [1.807, 2.05) is 50.4 Å². The average molecular weight is 328 g/mol. The Bertz CT molecular complexity index is 676. The average Bonchev–Trinajstić information content (AvgIpc) is 3.23. The fraction of sp³-hybridized carbons (Fsp3) is 0.412. The summed E-state index contributed by atoms with van der Waals surface area (Å²) >= 11 is 0. The van der Waals surface area contributed by atoms with Gasteiger partial charge in [0, 0.05) is 36.9 Å². The summed E-state index contributed by atoms with van der Waals surface area (Å²) in [6.45, 7) is 4.50. The maximum absolute atomic E-state index is 12.4. The van der Waals surface area contributed by atoms with E-state index in [4.69, 9.17) is 5.73 Å². The van der Waals surface area contributed by atoms with Gasteiger partial charge in [0.15, 0.2) is 0 Å². The van der Waals surface area contributed by atoms with Crippen molar-refractivity contribution in [3.63, 3.8) is 0 Å². The van der Waals surface area contributed by atoms with Crippen molar-refractivity contribution in [2.24, 2.45) is 11.7 Å². The first-order chi connectivity index (χ1) is 11.6. The molecule has 2 aromatic rings. The maximum Gasteiger partial charge on any atom is 0.237 e. The first kappa shape index (κ1) is 16.6. The quantitative estimate of drug-likeness (QED) is 0.634. The number of amides is 1. The highest BCUT2D eigenvalue weighted by Crippen LogP contribution is 2.18. The van der Waals surface area contributed by atoms with Crippen molar-refractivity contribution in [3.05, 3.63) is 48.3 Å². The fourth-order valence-electron chi connectivity index (χ4n) is 3.22. The van der Waals surface area contributed by atoms with Gasteiger partial charge >= 0.3 is 0 Å². The van der Waals surface area contributed by atoms with Crippen LogP contribution in [0.25, 0.3) is 5.69 Å². The molecule has 7 nitrogen and oxygen atoms in total. The second-order valence-corrected chi connectivity index (χ2v) is 6.31. The highest BCUT2D eigenvalue weighted by molar-refractivity contribution is 5.82. The molecule has 1 fully saturated rings. The van der Waals surface area contributed by atoms with E-state index in [1.54, 1.807) is 10.9 Å². The van der Waals surface area contributed by atoms with Gasteiger partial charge in [-0.25, -0.2) is 4.68 Å². The van der Waals surface area contributed by atoms with Crippen molar-refractivity contribution >= 4 is 5.91 Å². The number of nitrogens with two attached hydrogens (primary N) is 1. The van der Waals surface area contributed by atoms with E-state index in [9.17, 15) is 4.79 Å². The summed E-state index contributed by atoms with van der Waals surface area (Å²) in [6.07, 6.45) is 3.62. The Kier molecular flexibility index (Phi) is 4.94. The van der Waals surface area contributed by atoms with Gasteiger partial charge in [-0.1, -0.05) is 12.1 Å². The molecular formula is C17H24N6O. The Morgan fingerprint density at radius 2 is 2.08 bits per heavy atom. The van der Waals surface area contributed by atoms with Crippen molar-refractivity contribution in [3.8, 4) is 5.69 Å². The van der Waals surface area contributed by atoms with Gasteiger partial charge in [-0.15, -0.1) is 0 Å². The SMILES string of the molecule is CC1NNC(C)C1C(N)C(=O)NCc1cccc(-n2cccn2)c1. The molecule has 24 heavy (non-hydrogen) atoms. The number of aromatic nitrogens is 2. The Hall–Kier alpha value is -2.22. The lowest BCUT2D eigenvalue weighted by molar-refractivity contribution is -0.123. The predicted molar refractivity (Wildman–Crippen MR) is 92.1 cm³/mol. The number of benzene rings is 1. The predicted octanol–water partition coefficient (Wildman–Crippen LogP) is 0.317. The number of nitrogens with zero attached hydrogens (tertiary/aromatic N) is 2. The van der Waals surface area contributed by atoms with Gasteiger partial charge in [0.2, 0.25) is 5.91 Å². The molecule has 1 aliphatic rings. The summed E-state index contributed by atoms with van der Waals surface area (Å²) in [6, 6.07) is 9.54. The van der Waals surface area contributed by atoms with Crippen LogP contribution in [0.4, 0.5) is 0 Å². The number of nitrogens with one attached hydrogen (secondary N) is 3. The van der Waals surface area contributed by atoms with Gasteiger partial charge in [0.25, 0.3) is 0 Å². The molecule has 1 aromatic heterocycles. The molecule has 1 amide bonds. The van der Waals surface area contributed by atoms with Crippen LogP contribution < -0.4 is 21.9 Å². The van der Waals surface area contributed by atoms with E-state index < -0.39 is 6.04 Å².